The third-order valence-corrected chi connectivity index (χ3v) is 2.99. The van der Waals surface area contributed by atoms with Crippen molar-refractivity contribution in [1.82, 2.24) is 0 Å². The Hall–Kier alpha value is -0.780. The minimum absolute atomic E-state index is 0.199. The number of benzene rings is 1. The number of halogens is 1. The SMILES string of the molecule is COCc1cc(CS(=O)(=O)Cl)ccc1OC. The molecule has 0 heterocycles. The first-order chi connectivity index (χ1) is 7.46. The Morgan fingerprint density at radius 2 is 2.00 bits per heavy atom. The summed E-state index contributed by atoms with van der Waals surface area (Å²) in [4.78, 5) is 0. The largest absolute Gasteiger partial charge is 0.496 e. The van der Waals surface area contributed by atoms with Crippen molar-refractivity contribution in [1.29, 1.82) is 0 Å². The van der Waals surface area contributed by atoms with E-state index >= 15 is 0 Å². The van der Waals surface area contributed by atoms with E-state index in [2.05, 4.69) is 0 Å². The third-order valence-electron chi connectivity index (χ3n) is 1.98. The first-order valence-corrected chi connectivity index (χ1v) is 7.01. The van der Waals surface area contributed by atoms with Gasteiger partial charge in [-0.1, -0.05) is 6.07 Å². The van der Waals surface area contributed by atoms with E-state index in [1.165, 1.54) is 0 Å². The molecule has 0 fully saturated rings. The molecule has 0 radical (unpaired) electrons. The van der Waals surface area contributed by atoms with Crippen LogP contribution in [0.2, 0.25) is 0 Å². The van der Waals surface area contributed by atoms with Crippen molar-refractivity contribution in [3.63, 3.8) is 0 Å². The predicted octanol–water partition coefficient (Wildman–Crippen LogP) is 1.91. The molecular weight excluding hydrogens is 252 g/mol. The van der Waals surface area contributed by atoms with Crippen molar-refractivity contribution in [2.24, 2.45) is 0 Å². The summed E-state index contributed by atoms with van der Waals surface area (Å²) < 4.78 is 32.0. The van der Waals surface area contributed by atoms with E-state index < -0.39 is 9.05 Å². The zero-order valence-electron chi connectivity index (χ0n) is 9.07. The second-order valence-corrected chi connectivity index (χ2v) is 6.04. The van der Waals surface area contributed by atoms with Crippen molar-refractivity contribution in [3.8, 4) is 5.75 Å². The molecule has 1 rings (SSSR count). The van der Waals surface area contributed by atoms with Crippen LogP contribution >= 0.6 is 10.7 Å². The summed E-state index contributed by atoms with van der Waals surface area (Å²) in [5.74, 6) is 0.465. The van der Waals surface area contributed by atoms with Crippen molar-refractivity contribution in [2.75, 3.05) is 14.2 Å². The molecule has 16 heavy (non-hydrogen) atoms. The zero-order valence-corrected chi connectivity index (χ0v) is 10.6. The van der Waals surface area contributed by atoms with Gasteiger partial charge in [-0.25, -0.2) is 8.42 Å². The Morgan fingerprint density at radius 1 is 1.31 bits per heavy atom. The van der Waals surface area contributed by atoms with E-state index in [1.807, 2.05) is 0 Å². The number of methoxy groups -OCH3 is 2. The minimum atomic E-state index is -3.54. The third kappa shape index (κ3) is 4.00. The van der Waals surface area contributed by atoms with Crippen LogP contribution in [0.15, 0.2) is 18.2 Å². The molecule has 1 aromatic carbocycles. The van der Waals surface area contributed by atoms with Gasteiger partial charge in [0, 0.05) is 23.4 Å². The molecule has 4 nitrogen and oxygen atoms in total. The fourth-order valence-electron chi connectivity index (χ4n) is 1.39. The molecule has 0 aliphatic carbocycles. The van der Waals surface area contributed by atoms with Gasteiger partial charge >= 0.3 is 0 Å². The molecule has 0 aliphatic rings. The number of rotatable bonds is 5. The smallest absolute Gasteiger partial charge is 0.236 e. The molecule has 0 spiro atoms. The summed E-state index contributed by atoms with van der Waals surface area (Å²) in [6, 6.07) is 5.08. The van der Waals surface area contributed by atoms with Gasteiger partial charge in [-0.15, -0.1) is 0 Å². The quantitative estimate of drug-likeness (QED) is 0.763. The van der Waals surface area contributed by atoms with E-state index in [9.17, 15) is 8.42 Å². The summed E-state index contributed by atoms with van der Waals surface area (Å²) in [6.07, 6.45) is 0. The zero-order chi connectivity index (χ0) is 12.2. The normalized spacial score (nSPS) is 11.4. The number of hydrogen-bond donors (Lipinski definition) is 0. The second-order valence-electron chi connectivity index (χ2n) is 3.26. The fraction of sp³-hybridized carbons (Fsp3) is 0.400. The molecular formula is C10H13ClO4S. The van der Waals surface area contributed by atoms with E-state index in [1.54, 1.807) is 32.4 Å². The van der Waals surface area contributed by atoms with E-state index in [4.69, 9.17) is 20.2 Å². The maximum atomic E-state index is 10.9. The van der Waals surface area contributed by atoms with Gasteiger partial charge in [0.15, 0.2) is 0 Å². The van der Waals surface area contributed by atoms with Crippen LogP contribution in [-0.4, -0.2) is 22.6 Å². The molecule has 0 aliphatic heterocycles. The molecule has 0 saturated heterocycles. The first-order valence-electron chi connectivity index (χ1n) is 4.53. The van der Waals surface area contributed by atoms with Gasteiger partial charge in [-0.3, -0.25) is 0 Å². The second kappa shape index (κ2) is 5.52. The molecule has 0 atom stereocenters. The van der Waals surface area contributed by atoms with Gasteiger partial charge < -0.3 is 9.47 Å². The van der Waals surface area contributed by atoms with E-state index in [0.717, 1.165) is 5.56 Å². The lowest BCUT2D eigenvalue weighted by Crippen LogP contribution is -1.99. The highest BCUT2D eigenvalue weighted by atomic mass is 35.7. The standard InChI is InChI=1S/C10H13ClO4S/c1-14-6-9-5-8(7-16(11,12)13)3-4-10(9)15-2/h3-5H,6-7H2,1-2H3. The predicted molar refractivity (Wildman–Crippen MR) is 62.2 cm³/mol. The van der Waals surface area contributed by atoms with Gasteiger partial charge in [0.1, 0.15) is 5.75 Å². The van der Waals surface area contributed by atoms with Crippen LogP contribution < -0.4 is 4.74 Å². The van der Waals surface area contributed by atoms with Crippen molar-refractivity contribution in [2.45, 2.75) is 12.4 Å². The maximum absolute atomic E-state index is 10.9. The molecule has 6 heteroatoms. The van der Waals surface area contributed by atoms with Crippen LogP contribution in [0.3, 0.4) is 0 Å². The van der Waals surface area contributed by atoms with Gasteiger partial charge in [-0.05, 0) is 17.7 Å². The van der Waals surface area contributed by atoms with Gasteiger partial charge in [0.2, 0.25) is 9.05 Å². The molecule has 0 aromatic heterocycles. The summed E-state index contributed by atoms with van der Waals surface area (Å²) >= 11 is 0. The van der Waals surface area contributed by atoms with Crippen LogP contribution in [0.5, 0.6) is 5.75 Å². The highest BCUT2D eigenvalue weighted by Crippen LogP contribution is 2.22. The fourth-order valence-corrected chi connectivity index (χ4v) is 2.34. The lowest BCUT2D eigenvalue weighted by Gasteiger charge is -2.09. The Balaban J connectivity index is 3.02. The average Bonchev–Trinajstić information content (AvgIpc) is 2.16. The summed E-state index contributed by atoms with van der Waals surface area (Å²) in [5, 5.41) is 0. The minimum Gasteiger partial charge on any atom is -0.496 e. The van der Waals surface area contributed by atoms with Crippen LogP contribution in [0.1, 0.15) is 11.1 Å². The van der Waals surface area contributed by atoms with Crippen molar-refractivity contribution in [3.05, 3.63) is 29.3 Å². The lowest BCUT2D eigenvalue weighted by molar-refractivity contribution is 0.181. The highest BCUT2D eigenvalue weighted by Gasteiger charge is 2.10. The topological polar surface area (TPSA) is 52.6 Å². The monoisotopic (exact) mass is 264 g/mol. The van der Waals surface area contributed by atoms with Gasteiger partial charge in [-0.2, -0.15) is 0 Å². The van der Waals surface area contributed by atoms with Crippen molar-refractivity contribution >= 4 is 19.7 Å². The molecule has 0 amide bonds. The van der Waals surface area contributed by atoms with Gasteiger partial charge in [0.25, 0.3) is 0 Å². The van der Waals surface area contributed by atoms with E-state index in [-0.39, 0.29) is 5.75 Å². The Kier molecular flexibility index (Phi) is 4.58. The summed E-state index contributed by atoms with van der Waals surface area (Å²) in [6.45, 7) is 0.360. The van der Waals surface area contributed by atoms with Crippen LogP contribution in [0.25, 0.3) is 0 Å². The van der Waals surface area contributed by atoms with E-state index in [0.29, 0.717) is 17.9 Å². The molecule has 1 aromatic rings. The lowest BCUT2D eigenvalue weighted by atomic mass is 10.1. The molecule has 90 valence electrons. The summed E-state index contributed by atoms with van der Waals surface area (Å²) in [7, 11) is 4.75. The Labute approximate surface area is 99.6 Å². The first kappa shape index (κ1) is 13.3. The summed E-state index contributed by atoms with van der Waals surface area (Å²) in [5.41, 5.74) is 1.41. The number of ether oxygens (including phenoxy) is 2. The Bertz CT molecular complexity index is 456. The highest BCUT2D eigenvalue weighted by molar-refractivity contribution is 8.13. The van der Waals surface area contributed by atoms with Gasteiger partial charge in [0.05, 0.1) is 19.5 Å². The molecule has 0 unspecified atom stereocenters. The molecule has 0 bridgehead atoms. The van der Waals surface area contributed by atoms with Crippen molar-refractivity contribution < 1.29 is 17.9 Å². The van der Waals surface area contributed by atoms with Crippen LogP contribution in [0, 0.1) is 0 Å². The Morgan fingerprint density at radius 3 is 2.50 bits per heavy atom. The maximum Gasteiger partial charge on any atom is 0.236 e. The van der Waals surface area contributed by atoms with Crippen LogP contribution in [0.4, 0.5) is 0 Å². The molecule has 0 saturated carbocycles. The molecule has 0 N–H and O–H groups in total. The average molecular weight is 265 g/mol. The number of hydrogen-bond acceptors (Lipinski definition) is 4. The van der Waals surface area contributed by atoms with Crippen LogP contribution in [-0.2, 0) is 26.1 Å².